The molecule has 0 aliphatic carbocycles. The van der Waals surface area contributed by atoms with Crippen molar-refractivity contribution in [2.24, 2.45) is 0 Å². The van der Waals surface area contributed by atoms with E-state index in [4.69, 9.17) is 0 Å². The van der Waals surface area contributed by atoms with Gasteiger partial charge in [0.05, 0.1) is 18.0 Å². The number of nitrogens with zero attached hydrogens (tertiary/aromatic N) is 6. The molecule has 0 saturated heterocycles. The predicted molar refractivity (Wildman–Crippen MR) is 104 cm³/mol. The van der Waals surface area contributed by atoms with Crippen LogP contribution in [0.25, 0.3) is 10.9 Å². The van der Waals surface area contributed by atoms with E-state index in [2.05, 4.69) is 20.4 Å². The van der Waals surface area contributed by atoms with Crippen LogP contribution in [0.3, 0.4) is 0 Å². The SMILES string of the molecule is Cc1ccc2nnn([C@H](C)[C@](O)(Cn3cncn3)c3ccc(F)cc3F)c(=O)c2c1. The number of aliphatic hydroxyl groups is 1. The standard InChI is InChI=1S/C20H18F2N6O2/c1-12-3-6-18-15(7-12)19(29)28(26-25-18)13(2)20(30,9-27-11-23-10-24-27)16-5-4-14(21)8-17(16)22/h3-8,10-11,13,30H,9H2,1-2H3/t13-,20-/m1/s1. The van der Waals surface area contributed by atoms with Gasteiger partial charge in [0, 0.05) is 11.6 Å². The molecular weight excluding hydrogens is 394 g/mol. The van der Waals surface area contributed by atoms with Gasteiger partial charge < -0.3 is 5.11 Å². The lowest BCUT2D eigenvalue weighted by Gasteiger charge is -2.34. The minimum absolute atomic E-state index is 0.204. The van der Waals surface area contributed by atoms with E-state index in [1.807, 2.05) is 6.92 Å². The molecular formula is C20H18F2N6O2. The second kappa shape index (κ2) is 7.38. The zero-order chi connectivity index (χ0) is 21.5. The van der Waals surface area contributed by atoms with Crippen LogP contribution in [0.2, 0.25) is 0 Å². The minimum Gasteiger partial charge on any atom is -0.381 e. The summed E-state index contributed by atoms with van der Waals surface area (Å²) >= 11 is 0. The Kier molecular flexibility index (Phi) is 4.86. The molecule has 0 saturated carbocycles. The molecule has 0 aliphatic heterocycles. The maximum absolute atomic E-state index is 14.7. The number of benzene rings is 2. The molecule has 2 aromatic carbocycles. The molecule has 0 bridgehead atoms. The molecule has 154 valence electrons. The molecule has 30 heavy (non-hydrogen) atoms. The summed E-state index contributed by atoms with van der Waals surface area (Å²) in [4.78, 5) is 16.9. The van der Waals surface area contributed by atoms with E-state index in [9.17, 15) is 18.7 Å². The summed E-state index contributed by atoms with van der Waals surface area (Å²) in [5.41, 5.74) is -1.45. The van der Waals surface area contributed by atoms with Crippen LogP contribution in [0, 0.1) is 18.6 Å². The van der Waals surface area contributed by atoms with Gasteiger partial charge >= 0.3 is 0 Å². The van der Waals surface area contributed by atoms with Crippen LogP contribution >= 0.6 is 0 Å². The molecule has 0 unspecified atom stereocenters. The van der Waals surface area contributed by atoms with Gasteiger partial charge in [-0.1, -0.05) is 22.9 Å². The third kappa shape index (κ3) is 3.35. The number of aryl methyl sites for hydroxylation is 1. The highest BCUT2D eigenvalue weighted by molar-refractivity contribution is 5.77. The molecule has 2 atom stereocenters. The summed E-state index contributed by atoms with van der Waals surface area (Å²) in [7, 11) is 0. The van der Waals surface area contributed by atoms with Gasteiger partial charge in [-0.3, -0.25) is 4.79 Å². The predicted octanol–water partition coefficient (Wildman–Crippen LogP) is 2.12. The summed E-state index contributed by atoms with van der Waals surface area (Å²) in [6, 6.07) is 6.93. The van der Waals surface area contributed by atoms with Crippen LogP contribution in [0.1, 0.15) is 24.1 Å². The Morgan fingerprint density at radius 3 is 2.70 bits per heavy atom. The van der Waals surface area contributed by atoms with E-state index < -0.39 is 28.8 Å². The zero-order valence-electron chi connectivity index (χ0n) is 16.2. The summed E-state index contributed by atoms with van der Waals surface area (Å²) in [6.07, 6.45) is 2.61. The van der Waals surface area contributed by atoms with Crippen molar-refractivity contribution >= 4 is 10.9 Å². The molecule has 0 spiro atoms. The Hall–Kier alpha value is -3.53. The van der Waals surface area contributed by atoms with Gasteiger partial charge in [0.1, 0.15) is 35.4 Å². The molecule has 4 rings (SSSR count). The van der Waals surface area contributed by atoms with Crippen molar-refractivity contribution in [2.45, 2.75) is 32.0 Å². The fraction of sp³-hybridized carbons (Fsp3) is 0.250. The average molecular weight is 412 g/mol. The Morgan fingerprint density at radius 2 is 2.00 bits per heavy atom. The number of hydrogen-bond donors (Lipinski definition) is 1. The highest BCUT2D eigenvalue weighted by Crippen LogP contribution is 2.35. The quantitative estimate of drug-likeness (QED) is 0.539. The maximum Gasteiger partial charge on any atom is 0.277 e. The first kappa shape index (κ1) is 19.8. The van der Waals surface area contributed by atoms with Gasteiger partial charge in [0.15, 0.2) is 0 Å². The molecule has 1 N–H and O–H groups in total. The minimum atomic E-state index is -2.01. The molecule has 10 heteroatoms. The highest BCUT2D eigenvalue weighted by Gasteiger charge is 2.41. The molecule has 0 radical (unpaired) electrons. The van der Waals surface area contributed by atoms with Crippen molar-refractivity contribution < 1.29 is 13.9 Å². The van der Waals surface area contributed by atoms with Crippen LogP contribution in [0.5, 0.6) is 0 Å². The first-order valence-corrected chi connectivity index (χ1v) is 9.16. The van der Waals surface area contributed by atoms with Crippen LogP contribution in [0.15, 0.2) is 53.8 Å². The molecule has 0 amide bonds. The normalized spacial score (nSPS) is 14.6. The average Bonchev–Trinajstić information content (AvgIpc) is 3.21. The molecule has 2 aromatic heterocycles. The topological polar surface area (TPSA) is 98.7 Å². The van der Waals surface area contributed by atoms with Gasteiger partial charge in [0.2, 0.25) is 0 Å². The zero-order valence-corrected chi connectivity index (χ0v) is 16.2. The molecule has 0 fully saturated rings. The van der Waals surface area contributed by atoms with Crippen molar-refractivity contribution in [1.29, 1.82) is 0 Å². The van der Waals surface area contributed by atoms with Crippen molar-refractivity contribution in [1.82, 2.24) is 29.8 Å². The maximum atomic E-state index is 14.7. The van der Waals surface area contributed by atoms with E-state index >= 15 is 0 Å². The lowest BCUT2D eigenvalue weighted by Crippen LogP contribution is -2.44. The second-order valence-corrected chi connectivity index (χ2v) is 7.18. The van der Waals surface area contributed by atoms with E-state index in [1.54, 1.807) is 18.2 Å². The van der Waals surface area contributed by atoms with Crippen molar-refractivity contribution in [3.8, 4) is 0 Å². The van der Waals surface area contributed by atoms with Crippen LogP contribution in [0.4, 0.5) is 8.78 Å². The lowest BCUT2D eigenvalue weighted by atomic mass is 9.86. The smallest absolute Gasteiger partial charge is 0.277 e. The molecule has 4 aromatic rings. The summed E-state index contributed by atoms with van der Waals surface area (Å²) in [5, 5.41) is 23.9. The van der Waals surface area contributed by atoms with E-state index in [0.29, 0.717) is 17.0 Å². The first-order chi connectivity index (χ1) is 14.3. The molecule has 8 nitrogen and oxygen atoms in total. The van der Waals surface area contributed by atoms with Gasteiger partial charge in [-0.15, -0.1) is 5.10 Å². The van der Waals surface area contributed by atoms with Crippen molar-refractivity contribution in [3.05, 3.63) is 82.2 Å². The number of halogens is 2. The summed E-state index contributed by atoms with van der Waals surface area (Å²) < 4.78 is 30.5. The number of hydrogen-bond acceptors (Lipinski definition) is 6. The fourth-order valence-electron chi connectivity index (χ4n) is 3.47. The van der Waals surface area contributed by atoms with Gasteiger partial charge in [-0.25, -0.2) is 23.1 Å². The number of fused-ring (bicyclic) bond motifs is 1. The third-order valence-electron chi connectivity index (χ3n) is 5.16. The lowest BCUT2D eigenvalue weighted by molar-refractivity contribution is -0.0390. The van der Waals surface area contributed by atoms with Crippen LogP contribution in [-0.2, 0) is 12.1 Å². The van der Waals surface area contributed by atoms with Gasteiger partial charge in [0.25, 0.3) is 5.56 Å². The summed E-state index contributed by atoms with van der Waals surface area (Å²) in [5.74, 6) is -1.74. The Bertz CT molecular complexity index is 1270. The molecule has 0 aliphatic rings. The second-order valence-electron chi connectivity index (χ2n) is 7.18. The van der Waals surface area contributed by atoms with E-state index in [0.717, 1.165) is 22.4 Å². The number of aromatic nitrogens is 6. The van der Waals surface area contributed by atoms with Crippen LogP contribution < -0.4 is 5.56 Å². The Morgan fingerprint density at radius 1 is 1.20 bits per heavy atom. The fourth-order valence-corrected chi connectivity index (χ4v) is 3.47. The largest absolute Gasteiger partial charge is 0.381 e. The third-order valence-corrected chi connectivity index (χ3v) is 5.16. The van der Waals surface area contributed by atoms with Gasteiger partial charge in [-0.2, -0.15) is 5.10 Å². The monoisotopic (exact) mass is 412 g/mol. The number of rotatable bonds is 5. The van der Waals surface area contributed by atoms with E-state index in [-0.39, 0.29) is 12.1 Å². The Balaban J connectivity index is 1.90. The first-order valence-electron chi connectivity index (χ1n) is 9.16. The van der Waals surface area contributed by atoms with Gasteiger partial charge in [-0.05, 0) is 32.0 Å². The van der Waals surface area contributed by atoms with Crippen LogP contribution in [-0.4, -0.2) is 34.9 Å². The van der Waals surface area contributed by atoms with E-state index in [1.165, 1.54) is 24.3 Å². The van der Waals surface area contributed by atoms with Crippen molar-refractivity contribution in [3.63, 3.8) is 0 Å². The highest BCUT2D eigenvalue weighted by atomic mass is 19.1. The summed E-state index contributed by atoms with van der Waals surface area (Å²) in [6.45, 7) is 3.09. The molecule has 2 heterocycles. The Labute approximate surface area is 169 Å². The van der Waals surface area contributed by atoms with Crippen molar-refractivity contribution in [2.75, 3.05) is 0 Å².